The van der Waals surface area contributed by atoms with Crippen molar-refractivity contribution in [2.24, 2.45) is 0 Å². The zero-order chi connectivity index (χ0) is 26.6. The van der Waals surface area contributed by atoms with Gasteiger partial charge in [-0.05, 0) is 58.7 Å². The van der Waals surface area contributed by atoms with Crippen molar-refractivity contribution >= 4 is 55.2 Å². The van der Waals surface area contributed by atoms with Crippen LogP contribution in [0.2, 0.25) is 5.02 Å². The molecule has 11 heteroatoms. The molecule has 200 valence electrons. The van der Waals surface area contributed by atoms with Gasteiger partial charge in [0.25, 0.3) is 0 Å². The molecule has 0 radical (unpaired) electrons. The van der Waals surface area contributed by atoms with Crippen molar-refractivity contribution in [3.05, 3.63) is 53.3 Å². The van der Waals surface area contributed by atoms with E-state index in [4.69, 9.17) is 16.6 Å². The minimum absolute atomic E-state index is 0.0132. The van der Waals surface area contributed by atoms with Gasteiger partial charge in [0.2, 0.25) is 5.95 Å². The zero-order valence-electron chi connectivity index (χ0n) is 21.2. The van der Waals surface area contributed by atoms with E-state index in [9.17, 15) is 9.32 Å². The lowest BCUT2D eigenvalue weighted by molar-refractivity contribution is 0.245. The van der Waals surface area contributed by atoms with Crippen LogP contribution in [0.1, 0.15) is 0 Å². The number of hydrogen-bond acceptors (Lipinski definition) is 7. The van der Waals surface area contributed by atoms with E-state index in [0.717, 1.165) is 10.8 Å². The Morgan fingerprint density at radius 2 is 1.87 bits per heavy atom. The molecule has 2 aliphatic rings. The number of anilines is 2. The molecule has 38 heavy (non-hydrogen) atoms. The topological polar surface area (TPSA) is 93.6 Å². The maximum Gasteiger partial charge on any atom is 0.228 e. The molecule has 3 aromatic carbocycles. The summed E-state index contributed by atoms with van der Waals surface area (Å²) < 4.78 is 33.3. The van der Waals surface area contributed by atoms with Gasteiger partial charge in [0.05, 0.1) is 5.02 Å². The second-order valence-corrected chi connectivity index (χ2v) is 13.6. The summed E-state index contributed by atoms with van der Waals surface area (Å²) in [6, 6.07) is 12.6. The Kier molecular flexibility index (Phi) is 6.38. The highest BCUT2D eigenvalue weighted by Crippen LogP contribution is 2.42. The van der Waals surface area contributed by atoms with E-state index in [2.05, 4.69) is 19.9 Å². The van der Waals surface area contributed by atoms with E-state index < -0.39 is 15.9 Å². The molecule has 1 aromatic heterocycles. The molecule has 0 amide bonds. The molecule has 3 heterocycles. The normalized spacial score (nSPS) is 18.6. The van der Waals surface area contributed by atoms with Crippen LogP contribution >= 0.6 is 11.6 Å². The Hall–Kier alpha value is -3.05. The van der Waals surface area contributed by atoms with Crippen molar-refractivity contribution in [3.63, 3.8) is 0 Å². The lowest BCUT2D eigenvalue weighted by Gasteiger charge is -2.43. The third kappa shape index (κ3) is 4.45. The first-order valence-corrected chi connectivity index (χ1v) is 15.1. The zero-order valence-corrected chi connectivity index (χ0v) is 22.9. The van der Waals surface area contributed by atoms with Gasteiger partial charge < -0.3 is 24.9 Å². The maximum atomic E-state index is 16.5. The molecular formula is C27H30ClFN6O2S. The van der Waals surface area contributed by atoms with Gasteiger partial charge in [0.15, 0.2) is 5.82 Å². The molecular weight excluding hydrogens is 527 g/mol. The Balaban J connectivity index is 1.55. The van der Waals surface area contributed by atoms with Crippen molar-refractivity contribution in [2.45, 2.75) is 6.04 Å². The van der Waals surface area contributed by atoms with E-state index in [1.807, 2.05) is 43.3 Å². The summed E-state index contributed by atoms with van der Waals surface area (Å²) in [5.74, 6) is 1.07. The Morgan fingerprint density at radius 1 is 1.13 bits per heavy atom. The second-order valence-electron chi connectivity index (χ2n) is 10.3. The third-order valence-corrected chi connectivity index (χ3v) is 10.3. The molecule has 2 fully saturated rings. The molecule has 4 aromatic rings. The number of aromatic hydroxyl groups is 1. The lowest BCUT2D eigenvalue weighted by atomic mass is 9.96. The third-order valence-electron chi connectivity index (χ3n) is 7.47. The largest absolute Gasteiger partial charge is 0.508 e. The summed E-state index contributed by atoms with van der Waals surface area (Å²) >= 11 is 6.74. The van der Waals surface area contributed by atoms with Crippen LogP contribution in [0.5, 0.6) is 5.75 Å². The highest BCUT2D eigenvalue weighted by Gasteiger charge is 2.32. The lowest BCUT2D eigenvalue weighted by Crippen LogP contribution is -2.58. The number of fused-ring (bicyclic) bond motifs is 2. The number of benzene rings is 3. The predicted molar refractivity (Wildman–Crippen MR) is 155 cm³/mol. The molecule has 0 atom stereocenters. The van der Waals surface area contributed by atoms with Crippen molar-refractivity contribution in [3.8, 4) is 16.9 Å². The van der Waals surface area contributed by atoms with Gasteiger partial charge in [-0.15, -0.1) is 0 Å². The van der Waals surface area contributed by atoms with E-state index in [1.165, 1.54) is 6.07 Å². The minimum Gasteiger partial charge on any atom is -0.508 e. The summed E-state index contributed by atoms with van der Waals surface area (Å²) in [6.07, 6.45) is 0. The fourth-order valence-corrected chi connectivity index (χ4v) is 7.50. The van der Waals surface area contributed by atoms with Crippen LogP contribution in [-0.4, -0.2) is 82.0 Å². The number of phenols is 1. The molecule has 2 aliphatic heterocycles. The van der Waals surface area contributed by atoms with Crippen molar-refractivity contribution in [2.75, 3.05) is 61.4 Å². The van der Waals surface area contributed by atoms with Gasteiger partial charge in [0.1, 0.15) is 17.1 Å². The number of phenolic OH excluding ortho intramolecular Hbond substituents is 1. The van der Waals surface area contributed by atoms with E-state index in [-0.39, 0.29) is 21.9 Å². The first kappa shape index (κ1) is 25.2. The molecule has 0 saturated carbocycles. The monoisotopic (exact) mass is 556 g/mol. The average Bonchev–Trinajstić information content (AvgIpc) is 2.84. The van der Waals surface area contributed by atoms with Crippen molar-refractivity contribution < 1.29 is 13.7 Å². The molecule has 8 nitrogen and oxygen atoms in total. The van der Waals surface area contributed by atoms with Gasteiger partial charge >= 0.3 is 0 Å². The van der Waals surface area contributed by atoms with Crippen LogP contribution in [-0.2, 0) is 10.1 Å². The number of thiol groups is 1. The van der Waals surface area contributed by atoms with Crippen LogP contribution < -0.4 is 14.9 Å². The second kappa shape index (κ2) is 9.60. The number of hydrogen-bond donors (Lipinski definition) is 4. The van der Waals surface area contributed by atoms with Crippen molar-refractivity contribution in [1.29, 1.82) is 0 Å². The Labute approximate surface area is 226 Å². The first-order valence-electron chi connectivity index (χ1n) is 12.6. The van der Waals surface area contributed by atoms with E-state index in [0.29, 0.717) is 66.4 Å². The van der Waals surface area contributed by atoms with Crippen LogP contribution in [0, 0.1) is 5.82 Å². The Bertz CT molecular complexity index is 1600. The maximum absolute atomic E-state index is 16.5. The fraction of sp³-hybridized carbons (Fsp3) is 0.333. The number of rotatable bonds is 5. The van der Waals surface area contributed by atoms with Crippen LogP contribution in [0.4, 0.5) is 16.2 Å². The average molecular weight is 557 g/mol. The van der Waals surface area contributed by atoms with Crippen LogP contribution in [0.15, 0.2) is 42.5 Å². The summed E-state index contributed by atoms with van der Waals surface area (Å²) in [6.45, 7) is 2.69. The quantitative estimate of drug-likeness (QED) is 0.279. The minimum atomic E-state index is -2.78. The van der Waals surface area contributed by atoms with Crippen molar-refractivity contribution in [1.82, 2.24) is 20.2 Å². The highest BCUT2D eigenvalue weighted by molar-refractivity contribution is 8.04. The molecule has 0 unspecified atom stereocenters. The van der Waals surface area contributed by atoms with Gasteiger partial charge in [-0.2, -0.15) is 4.98 Å². The van der Waals surface area contributed by atoms with E-state index >= 15 is 4.39 Å². The fourth-order valence-electron chi connectivity index (χ4n) is 5.17. The van der Waals surface area contributed by atoms with Gasteiger partial charge in [-0.3, -0.25) is 4.21 Å². The summed E-state index contributed by atoms with van der Waals surface area (Å²) in [4.78, 5) is 13.5. The molecule has 3 N–H and O–H groups in total. The van der Waals surface area contributed by atoms with E-state index in [1.54, 1.807) is 12.1 Å². The SMILES string of the molecule is CN(C)C1CN(c2nc(N[SH]3(=O)CCNCC3)c3cc(Cl)c(-c4cc(O)cc5ccccc45)c(F)c3n2)C1. The molecule has 0 aliphatic carbocycles. The van der Waals surface area contributed by atoms with Gasteiger partial charge in [-0.25, -0.2) is 9.37 Å². The summed E-state index contributed by atoms with van der Waals surface area (Å²) in [5.41, 5.74) is 0.729. The highest BCUT2D eigenvalue weighted by atomic mass is 35.5. The first-order chi connectivity index (χ1) is 18.2. The predicted octanol–water partition coefficient (Wildman–Crippen LogP) is 3.65. The number of likely N-dealkylation sites (N-methyl/N-ethyl adjacent to an activating group) is 1. The summed E-state index contributed by atoms with van der Waals surface area (Å²) in [5, 5.41) is 15.7. The van der Waals surface area contributed by atoms with Crippen LogP contribution in [0.25, 0.3) is 32.8 Å². The standard InChI is InChI=1S/C27H30ClFN6O2S/c1-34(2)17-14-35(15-17)27-31-25-21(26(32-27)33-38(37)9-7-30-8-10-38)13-22(28)23(24(25)29)20-12-18(36)11-16-5-3-4-6-19(16)20/h3-6,11-13,17,30,36,38H,7-10,14-15H2,1-2H3,(H,31,32,33,37). The summed E-state index contributed by atoms with van der Waals surface area (Å²) in [7, 11) is 1.27. The van der Waals surface area contributed by atoms with Crippen LogP contribution in [0.3, 0.4) is 0 Å². The number of aromatic nitrogens is 2. The number of halogens is 2. The molecule has 0 bridgehead atoms. The molecule has 2 saturated heterocycles. The molecule has 6 rings (SSSR count). The molecule has 0 spiro atoms. The van der Waals surface area contributed by atoms with Gasteiger partial charge in [-0.1, -0.05) is 35.9 Å². The number of nitrogens with one attached hydrogen (secondary N) is 2. The van der Waals surface area contributed by atoms with Gasteiger partial charge in [0, 0.05) is 54.7 Å². The number of nitrogens with zero attached hydrogens (tertiary/aromatic N) is 4. The Morgan fingerprint density at radius 3 is 2.61 bits per heavy atom. The smallest absolute Gasteiger partial charge is 0.228 e.